The third-order valence-electron chi connectivity index (χ3n) is 13.6. The van der Waals surface area contributed by atoms with Crippen LogP contribution in [0.1, 0.15) is 290 Å². The number of likely N-dealkylation sites (N-methyl/N-ethyl adjacent to an activating group) is 1. The Bertz CT molecular complexity index is 1370. The summed E-state index contributed by atoms with van der Waals surface area (Å²) in [6.07, 6.45) is 68.8. The van der Waals surface area contributed by atoms with E-state index in [1.54, 1.807) is 0 Å². The summed E-state index contributed by atoms with van der Waals surface area (Å²) in [6.45, 7) is 4.17. The fraction of sp³-hybridized carbons (Fsp3) is 0.841. The third-order valence-corrected chi connectivity index (χ3v) is 14.6. The number of ether oxygens (including phenoxy) is 2. The molecule has 0 saturated heterocycles. The van der Waals surface area contributed by atoms with Crippen molar-refractivity contribution in [2.24, 2.45) is 0 Å². The van der Waals surface area contributed by atoms with Crippen LogP contribution < -0.4 is 4.89 Å². The van der Waals surface area contributed by atoms with Gasteiger partial charge in [0.1, 0.15) is 19.8 Å². The van der Waals surface area contributed by atoms with Crippen molar-refractivity contribution < 1.29 is 42.1 Å². The highest BCUT2D eigenvalue weighted by atomic mass is 31.2. The number of quaternary nitrogens is 1. The van der Waals surface area contributed by atoms with E-state index in [2.05, 4.69) is 62.5 Å². The molecule has 0 radical (unpaired) electrons. The predicted molar refractivity (Wildman–Crippen MR) is 310 cm³/mol. The van der Waals surface area contributed by atoms with E-state index in [0.29, 0.717) is 17.4 Å². The van der Waals surface area contributed by atoms with Crippen molar-refractivity contribution in [3.8, 4) is 0 Å². The van der Waals surface area contributed by atoms with E-state index in [9.17, 15) is 19.0 Å². The molecule has 0 aromatic rings. The minimum absolute atomic E-state index is 0.0311. The Morgan fingerprint density at radius 3 is 1.16 bits per heavy atom. The zero-order chi connectivity index (χ0) is 53.5. The summed E-state index contributed by atoms with van der Waals surface area (Å²) >= 11 is 0. The van der Waals surface area contributed by atoms with Gasteiger partial charge in [0.05, 0.1) is 27.7 Å². The van der Waals surface area contributed by atoms with Crippen LogP contribution in [-0.4, -0.2) is 70.0 Å². The van der Waals surface area contributed by atoms with Gasteiger partial charge >= 0.3 is 11.9 Å². The molecule has 2 unspecified atom stereocenters. The fourth-order valence-electron chi connectivity index (χ4n) is 8.89. The van der Waals surface area contributed by atoms with Gasteiger partial charge in [0.2, 0.25) is 0 Å². The summed E-state index contributed by atoms with van der Waals surface area (Å²) in [5, 5.41) is 0. The minimum atomic E-state index is -4.64. The predicted octanol–water partition coefficient (Wildman–Crippen LogP) is 18.7. The second kappa shape index (κ2) is 54.7. The Kier molecular flexibility index (Phi) is 53.2. The number of allylic oxidation sites excluding steroid dienone is 8. The molecule has 10 heteroatoms. The number of carbonyl (C=O) groups excluding carboxylic acids is 2. The maximum atomic E-state index is 12.8. The number of hydrogen-bond donors (Lipinski definition) is 0. The highest BCUT2D eigenvalue weighted by molar-refractivity contribution is 7.45. The van der Waals surface area contributed by atoms with Gasteiger partial charge < -0.3 is 27.9 Å². The average Bonchev–Trinajstić information content (AvgIpc) is 3.35. The fourth-order valence-corrected chi connectivity index (χ4v) is 9.61. The molecule has 428 valence electrons. The van der Waals surface area contributed by atoms with E-state index < -0.39 is 26.5 Å². The van der Waals surface area contributed by atoms with Crippen molar-refractivity contribution in [1.82, 2.24) is 0 Å². The smallest absolute Gasteiger partial charge is 0.306 e. The Morgan fingerprint density at radius 2 is 0.781 bits per heavy atom. The van der Waals surface area contributed by atoms with Crippen LogP contribution in [0.2, 0.25) is 0 Å². The summed E-state index contributed by atoms with van der Waals surface area (Å²) < 4.78 is 34.2. The lowest BCUT2D eigenvalue weighted by Gasteiger charge is -2.28. The SMILES string of the molecule is CC/C=C\C/C=C\C/C=C\C/C=C\CCCCCCCCCCCCC(=O)OC(COC(=O)CCCCCCCCCCCCCCCCCCCCCCCCCCCC)COP(=O)([O-])OCC[N+](C)(C)C. The molecule has 0 saturated carbocycles. The molecule has 0 rings (SSSR count). The van der Waals surface area contributed by atoms with Crippen LogP contribution in [0, 0.1) is 0 Å². The van der Waals surface area contributed by atoms with Gasteiger partial charge in [-0.25, -0.2) is 0 Å². The number of carbonyl (C=O) groups is 2. The van der Waals surface area contributed by atoms with E-state index in [4.69, 9.17) is 18.5 Å². The van der Waals surface area contributed by atoms with E-state index in [1.165, 1.54) is 186 Å². The number of phosphoric acid groups is 1. The van der Waals surface area contributed by atoms with E-state index in [-0.39, 0.29) is 32.0 Å². The maximum absolute atomic E-state index is 12.8. The first-order chi connectivity index (χ1) is 35.5. The third kappa shape index (κ3) is 59.1. The Balaban J connectivity index is 4.10. The molecule has 0 aromatic heterocycles. The molecule has 0 aromatic carbocycles. The second-order valence-electron chi connectivity index (χ2n) is 22.0. The molecule has 0 bridgehead atoms. The average molecular weight is 1050 g/mol. The molecule has 73 heavy (non-hydrogen) atoms. The van der Waals surface area contributed by atoms with Crippen molar-refractivity contribution >= 4 is 19.8 Å². The van der Waals surface area contributed by atoms with Gasteiger partial charge in [0.15, 0.2) is 6.10 Å². The lowest BCUT2D eigenvalue weighted by Crippen LogP contribution is -2.37. The van der Waals surface area contributed by atoms with Gasteiger partial charge in [-0.05, 0) is 51.4 Å². The molecule has 0 aliphatic rings. The van der Waals surface area contributed by atoms with Crippen LogP contribution in [0.25, 0.3) is 0 Å². The number of nitrogens with zero attached hydrogens (tertiary/aromatic N) is 1. The number of esters is 2. The monoisotopic (exact) mass is 1050 g/mol. The molecule has 0 spiro atoms. The molecule has 0 N–H and O–H groups in total. The molecular formula is C63H118NO8P. The molecule has 0 amide bonds. The highest BCUT2D eigenvalue weighted by Gasteiger charge is 2.22. The van der Waals surface area contributed by atoms with Crippen LogP contribution in [-0.2, 0) is 32.7 Å². The number of rotatable bonds is 57. The van der Waals surface area contributed by atoms with E-state index in [0.717, 1.165) is 70.6 Å². The number of phosphoric ester groups is 1. The Morgan fingerprint density at radius 1 is 0.438 bits per heavy atom. The lowest BCUT2D eigenvalue weighted by atomic mass is 10.0. The summed E-state index contributed by atoms with van der Waals surface area (Å²) in [6, 6.07) is 0. The van der Waals surface area contributed by atoms with Gasteiger partial charge in [0.25, 0.3) is 7.82 Å². The quantitative estimate of drug-likeness (QED) is 0.0195. The zero-order valence-corrected chi connectivity index (χ0v) is 49.5. The first-order valence-corrected chi connectivity index (χ1v) is 32.3. The maximum Gasteiger partial charge on any atom is 0.306 e. The summed E-state index contributed by atoms with van der Waals surface area (Å²) in [5.74, 6) is -0.825. The van der Waals surface area contributed by atoms with E-state index in [1.807, 2.05) is 21.1 Å². The van der Waals surface area contributed by atoms with Crippen LogP contribution >= 0.6 is 7.82 Å². The van der Waals surface area contributed by atoms with Crippen molar-refractivity contribution in [2.75, 3.05) is 47.5 Å². The first-order valence-electron chi connectivity index (χ1n) is 30.8. The van der Waals surface area contributed by atoms with Crippen molar-refractivity contribution in [1.29, 1.82) is 0 Å². The number of unbranched alkanes of at least 4 members (excludes halogenated alkanes) is 35. The molecule has 2 atom stereocenters. The lowest BCUT2D eigenvalue weighted by molar-refractivity contribution is -0.870. The standard InChI is InChI=1S/C63H118NO8P/c1-6-8-10-12-14-16-18-20-22-24-26-28-30-31-32-34-35-37-39-41-43-45-47-49-51-53-55-62(65)69-59-61(60-71-73(67,68)70-58-57-64(3,4)5)72-63(66)56-54-52-50-48-46-44-42-40-38-36-33-29-27-25-23-21-19-17-15-13-11-9-7-2/h9,11,15,17,21,23,27,29,61H,6-8,10,12-14,16,18-20,22,24-26,28,30-60H2,1-5H3/b11-9-,17-15-,23-21-,29-27-. The van der Waals surface area contributed by atoms with Gasteiger partial charge in [-0.3, -0.25) is 14.2 Å². The molecule has 0 aliphatic carbocycles. The van der Waals surface area contributed by atoms with Crippen LogP contribution in [0.4, 0.5) is 0 Å². The Hall–Kier alpha value is -2.03. The molecular weight excluding hydrogens is 930 g/mol. The van der Waals surface area contributed by atoms with Gasteiger partial charge in [-0.2, -0.15) is 0 Å². The Labute approximate surface area is 452 Å². The van der Waals surface area contributed by atoms with Crippen LogP contribution in [0.5, 0.6) is 0 Å². The summed E-state index contributed by atoms with van der Waals surface area (Å²) in [4.78, 5) is 37.9. The normalized spacial score (nSPS) is 13.6. The molecule has 0 aliphatic heterocycles. The van der Waals surface area contributed by atoms with Crippen molar-refractivity contribution in [3.63, 3.8) is 0 Å². The molecule has 0 heterocycles. The van der Waals surface area contributed by atoms with Gasteiger partial charge in [-0.1, -0.05) is 274 Å². The molecule has 9 nitrogen and oxygen atoms in total. The van der Waals surface area contributed by atoms with Gasteiger partial charge in [0, 0.05) is 12.8 Å². The summed E-state index contributed by atoms with van der Waals surface area (Å²) in [5.41, 5.74) is 0. The van der Waals surface area contributed by atoms with Crippen molar-refractivity contribution in [2.45, 2.75) is 296 Å². The zero-order valence-electron chi connectivity index (χ0n) is 48.6. The second-order valence-corrected chi connectivity index (χ2v) is 23.5. The highest BCUT2D eigenvalue weighted by Crippen LogP contribution is 2.38. The topological polar surface area (TPSA) is 111 Å². The first kappa shape index (κ1) is 71.0. The summed E-state index contributed by atoms with van der Waals surface area (Å²) in [7, 11) is 1.17. The minimum Gasteiger partial charge on any atom is -0.756 e. The van der Waals surface area contributed by atoms with E-state index >= 15 is 0 Å². The molecule has 0 fully saturated rings. The van der Waals surface area contributed by atoms with Gasteiger partial charge in [-0.15, -0.1) is 0 Å². The van der Waals surface area contributed by atoms with Crippen LogP contribution in [0.15, 0.2) is 48.6 Å². The number of hydrogen-bond acceptors (Lipinski definition) is 8. The van der Waals surface area contributed by atoms with Crippen LogP contribution in [0.3, 0.4) is 0 Å². The largest absolute Gasteiger partial charge is 0.756 e. The van der Waals surface area contributed by atoms with Crippen molar-refractivity contribution in [3.05, 3.63) is 48.6 Å².